The molecule has 0 atom stereocenters. The smallest absolute Gasteiger partial charge is 0.169 e. The summed E-state index contributed by atoms with van der Waals surface area (Å²) in [6.07, 6.45) is 4.50. The Balaban J connectivity index is 2.17. The standard InChI is InChI=1S/C18H13NO/c20-17-12-6-11-16-18(17)14-9-4-5-10-15(14)19(16)13-7-2-1-3-8-13/h1-11H,12H2. The monoisotopic (exact) mass is 259 g/mol. The van der Waals surface area contributed by atoms with Gasteiger partial charge in [-0.1, -0.05) is 42.5 Å². The van der Waals surface area contributed by atoms with Crippen LogP contribution in [0.2, 0.25) is 0 Å². The first-order valence-electron chi connectivity index (χ1n) is 6.75. The summed E-state index contributed by atoms with van der Waals surface area (Å²) in [5, 5.41) is 1.04. The van der Waals surface area contributed by atoms with E-state index < -0.39 is 0 Å². The largest absolute Gasteiger partial charge is 0.309 e. The Morgan fingerprint density at radius 2 is 1.65 bits per heavy atom. The normalized spacial score (nSPS) is 13.7. The summed E-state index contributed by atoms with van der Waals surface area (Å²) in [7, 11) is 0. The molecule has 0 amide bonds. The number of aromatic nitrogens is 1. The first-order chi connectivity index (χ1) is 9.86. The fourth-order valence-corrected chi connectivity index (χ4v) is 2.95. The summed E-state index contributed by atoms with van der Waals surface area (Å²) in [4.78, 5) is 12.3. The van der Waals surface area contributed by atoms with Crippen molar-refractivity contribution >= 4 is 22.8 Å². The average molecular weight is 259 g/mol. The van der Waals surface area contributed by atoms with E-state index in [1.54, 1.807) is 0 Å². The zero-order valence-electron chi connectivity index (χ0n) is 10.9. The van der Waals surface area contributed by atoms with Crippen molar-refractivity contribution in [3.8, 4) is 5.69 Å². The number of hydrogen-bond donors (Lipinski definition) is 0. The second kappa shape index (κ2) is 4.20. The summed E-state index contributed by atoms with van der Waals surface area (Å²) in [5.74, 6) is 0.202. The zero-order chi connectivity index (χ0) is 13.5. The Labute approximate surface area is 117 Å². The van der Waals surface area contributed by atoms with E-state index in [0.29, 0.717) is 6.42 Å². The molecule has 1 heterocycles. The molecule has 0 saturated heterocycles. The number of ketones is 1. The minimum atomic E-state index is 0.202. The maximum absolute atomic E-state index is 12.3. The van der Waals surface area contributed by atoms with E-state index in [1.165, 1.54) is 0 Å². The van der Waals surface area contributed by atoms with Crippen LogP contribution in [0, 0.1) is 0 Å². The van der Waals surface area contributed by atoms with Crippen LogP contribution in [-0.2, 0) is 0 Å². The van der Waals surface area contributed by atoms with E-state index in [4.69, 9.17) is 0 Å². The molecule has 4 rings (SSSR count). The molecule has 0 fully saturated rings. The van der Waals surface area contributed by atoms with Crippen LogP contribution < -0.4 is 0 Å². The third-order valence-corrected chi connectivity index (χ3v) is 3.78. The molecule has 0 N–H and O–H groups in total. The van der Waals surface area contributed by atoms with Gasteiger partial charge < -0.3 is 4.57 Å². The van der Waals surface area contributed by atoms with Crippen LogP contribution >= 0.6 is 0 Å². The van der Waals surface area contributed by atoms with Gasteiger partial charge in [0.1, 0.15) is 0 Å². The SMILES string of the molecule is O=C1CC=Cc2c1c1ccccc1n2-c1ccccc1. The molecule has 0 spiro atoms. The van der Waals surface area contributed by atoms with Gasteiger partial charge >= 0.3 is 0 Å². The van der Waals surface area contributed by atoms with Crippen molar-refractivity contribution < 1.29 is 4.79 Å². The van der Waals surface area contributed by atoms with Crippen LogP contribution in [-0.4, -0.2) is 10.4 Å². The fourth-order valence-electron chi connectivity index (χ4n) is 2.95. The van der Waals surface area contributed by atoms with Crippen molar-refractivity contribution in [2.75, 3.05) is 0 Å². The number of rotatable bonds is 1. The molecule has 0 aliphatic heterocycles. The molecule has 3 aromatic rings. The highest BCUT2D eigenvalue weighted by Gasteiger charge is 2.23. The number of allylic oxidation sites excluding steroid dienone is 1. The molecular weight excluding hydrogens is 246 g/mol. The number of para-hydroxylation sites is 2. The first kappa shape index (κ1) is 11.2. The maximum Gasteiger partial charge on any atom is 0.169 e. The van der Waals surface area contributed by atoms with E-state index in [-0.39, 0.29) is 5.78 Å². The van der Waals surface area contributed by atoms with E-state index in [0.717, 1.165) is 27.8 Å². The fraction of sp³-hybridized carbons (Fsp3) is 0.0556. The maximum atomic E-state index is 12.3. The molecule has 2 aromatic carbocycles. The quantitative estimate of drug-likeness (QED) is 0.641. The van der Waals surface area contributed by atoms with Crippen molar-refractivity contribution in [3.05, 3.63) is 71.9 Å². The van der Waals surface area contributed by atoms with E-state index in [2.05, 4.69) is 28.8 Å². The molecule has 2 heteroatoms. The minimum absolute atomic E-state index is 0.202. The van der Waals surface area contributed by atoms with Gasteiger partial charge in [-0.25, -0.2) is 0 Å². The number of nitrogens with zero attached hydrogens (tertiary/aromatic N) is 1. The Bertz CT molecular complexity index is 840. The van der Waals surface area contributed by atoms with Gasteiger partial charge in [0.15, 0.2) is 5.78 Å². The van der Waals surface area contributed by atoms with Gasteiger partial charge in [0.2, 0.25) is 0 Å². The van der Waals surface area contributed by atoms with Crippen molar-refractivity contribution in [2.24, 2.45) is 0 Å². The molecule has 20 heavy (non-hydrogen) atoms. The van der Waals surface area contributed by atoms with Gasteiger partial charge in [0.25, 0.3) is 0 Å². The van der Waals surface area contributed by atoms with Crippen molar-refractivity contribution in [2.45, 2.75) is 6.42 Å². The highest BCUT2D eigenvalue weighted by molar-refractivity contribution is 6.13. The predicted octanol–water partition coefficient (Wildman–Crippen LogP) is 4.23. The highest BCUT2D eigenvalue weighted by atomic mass is 16.1. The molecule has 2 nitrogen and oxygen atoms in total. The lowest BCUT2D eigenvalue weighted by Gasteiger charge is -2.11. The third-order valence-electron chi connectivity index (χ3n) is 3.78. The van der Waals surface area contributed by atoms with E-state index >= 15 is 0 Å². The third kappa shape index (κ3) is 1.48. The zero-order valence-corrected chi connectivity index (χ0v) is 10.9. The number of fused-ring (bicyclic) bond motifs is 3. The molecule has 0 radical (unpaired) electrons. The number of Topliss-reactive ketones (excluding diaryl/α,β-unsaturated/α-hetero) is 1. The van der Waals surface area contributed by atoms with Gasteiger partial charge in [-0.3, -0.25) is 4.79 Å². The van der Waals surface area contributed by atoms with Crippen molar-refractivity contribution in [3.63, 3.8) is 0 Å². The molecular formula is C18H13NO. The number of carbonyl (C=O) groups is 1. The molecule has 1 aliphatic carbocycles. The molecule has 0 bridgehead atoms. The van der Waals surface area contributed by atoms with E-state index in [9.17, 15) is 4.79 Å². The van der Waals surface area contributed by atoms with Gasteiger partial charge in [-0.2, -0.15) is 0 Å². The lowest BCUT2D eigenvalue weighted by molar-refractivity contribution is 0.0996. The van der Waals surface area contributed by atoms with Crippen LogP contribution in [0.3, 0.4) is 0 Å². The minimum Gasteiger partial charge on any atom is -0.309 e. The second-order valence-corrected chi connectivity index (χ2v) is 4.98. The Morgan fingerprint density at radius 1 is 0.900 bits per heavy atom. The average Bonchev–Trinajstić information content (AvgIpc) is 2.84. The topological polar surface area (TPSA) is 22.0 Å². The predicted molar refractivity (Wildman–Crippen MR) is 81.3 cm³/mol. The van der Waals surface area contributed by atoms with Gasteiger partial charge in [0, 0.05) is 17.5 Å². The number of carbonyl (C=O) groups excluding carboxylic acids is 1. The first-order valence-corrected chi connectivity index (χ1v) is 6.75. The van der Waals surface area contributed by atoms with Gasteiger partial charge in [-0.15, -0.1) is 0 Å². The lowest BCUT2D eigenvalue weighted by Crippen LogP contribution is -2.05. The molecule has 0 unspecified atom stereocenters. The summed E-state index contributed by atoms with van der Waals surface area (Å²) >= 11 is 0. The van der Waals surface area contributed by atoms with Crippen LogP contribution in [0.25, 0.3) is 22.7 Å². The highest BCUT2D eigenvalue weighted by Crippen LogP contribution is 2.33. The van der Waals surface area contributed by atoms with Crippen LogP contribution in [0.15, 0.2) is 60.7 Å². The molecule has 1 aliphatic rings. The summed E-state index contributed by atoms with van der Waals surface area (Å²) in [6, 6.07) is 18.3. The molecule has 0 saturated carbocycles. The van der Waals surface area contributed by atoms with Crippen molar-refractivity contribution in [1.29, 1.82) is 0 Å². The van der Waals surface area contributed by atoms with E-state index in [1.807, 2.05) is 42.5 Å². The van der Waals surface area contributed by atoms with Gasteiger partial charge in [-0.05, 0) is 24.3 Å². The van der Waals surface area contributed by atoms with Crippen LogP contribution in [0.5, 0.6) is 0 Å². The Kier molecular flexibility index (Phi) is 2.36. The summed E-state index contributed by atoms with van der Waals surface area (Å²) in [6.45, 7) is 0. The van der Waals surface area contributed by atoms with Crippen molar-refractivity contribution in [1.82, 2.24) is 4.57 Å². The number of benzene rings is 2. The Morgan fingerprint density at radius 3 is 2.50 bits per heavy atom. The lowest BCUT2D eigenvalue weighted by atomic mass is 9.99. The molecule has 96 valence electrons. The van der Waals surface area contributed by atoms with Gasteiger partial charge in [0.05, 0.1) is 16.8 Å². The van der Waals surface area contributed by atoms with Crippen LogP contribution in [0.1, 0.15) is 22.5 Å². The summed E-state index contributed by atoms with van der Waals surface area (Å²) < 4.78 is 2.16. The number of hydrogen-bond acceptors (Lipinski definition) is 1. The second-order valence-electron chi connectivity index (χ2n) is 4.98. The summed E-state index contributed by atoms with van der Waals surface area (Å²) in [5.41, 5.74) is 4.02. The molecule has 1 aromatic heterocycles. The van der Waals surface area contributed by atoms with Crippen LogP contribution in [0.4, 0.5) is 0 Å². The Hall–Kier alpha value is -2.61.